The van der Waals surface area contributed by atoms with Gasteiger partial charge in [-0.15, -0.1) is 0 Å². The number of hydrogen-bond donors (Lipinski definition) is 0. The number of nitrogens with zero attached hydrogens (tertiary/aromatic N) is 2. The lowest BCUT2D eigenvalue weighted by molar-refractivity contribution is -0.311. The van der Waals surface area contributed by atoms with Gasteiger partial charge in [-0.2, -0.15) is 0 Å². The van der Waals surface area contributed by atoms with Crippen LogP contribution in [0.2, 0.25) is 0 Å². The molecule has 1 amide bonds. The molecule has 23 heavy (non-hydrogen) atoms. The van der Waals surface area contributed by atoms with Gasteiger partial charge in [-0.25, -0.2) is 0 Å². The van der Waals surface area contributed by atoms with E-state index < -0.39 is 30.3 Å². The SMILES string of the molecule is Cn1cccc1/C=C1/SC(=S)N([C@H](CCC(=O)[O-])C(=O)[O-])C1=O. The summed E-state index contributed by atoms with van der Waals surface area (Å²) in [6, 6.07) is 2.16. The number of thiocarbonyl (C=S) groups is 1. The molecule has 2 heterocycles. The van der Waals surface area contributed by atoms with Gasteiger partial charge < -0.3 is 24.4 Å². The number of amides is 1. The third-order valence-electron chi connectivity index (χ3n) is 3.29. The summed E-state index contributed by atoms with van der Waals surface area (Å²) in [7, 11) is 1.80. The predicted molar refractivity (Wildman–Crippen MR) is 83.5 cm³/mol. The average Bonchev–Trinajstić information content (AvgIpc) is 2.97. The van der Waals surface area contributed by atoms with E-state index in [0.29, 0.717) is 0 Å². The minimum atomic E-state index is -1.55. The maximum Gasteiger partial charge on any atom is 0.266 e. The molecule has 1 saturated heterocycles. The van der Waals surface area contributed by atoms with Crippen molar-refractivity contribution in [1.82, 2.24) is 9.47 Å². The molecule has 7 nitrogen and oxygen atoms in total. The molecule has 0 saturated carbocycles. The Morgan fingerprint density at radius 1 is 1.43 bits per heavy atom. The van der Waals surface area contributed by atoms with Crippen LogP contribution in [-0.2, 0) is 21.4 Å². The molecular formula is C14H12N2O5S2-2. The van der Waals surface area contributed by atoms with E-state index in [1.807, 2.05) is 0 Å². The smallest absolute Gasteiger partial charge is 0.266 e. The van der Waals surface area contributed by atoms with Crippen molar-refractivity contribution < 1.29 is 24.6 Å². The van der Waals surface area contributed by atoms with Crippen molar-refractivity contribution in [2.75, 3.05) is 0 Å². The highest BCUT2D eigenvalue weighted by Gasteiger charge is 2.37. The van der Waals surface area contributed by atoms with Gasteiger partial charge >= 0.3 is 0 Å². The highest BCUT2D eigenvalue weighted by molar-refractivity contribution is 8.26. The standard InChI is InChI=1S/C14H14N2O5S2/c1-15-6-2-3-8(15)7-10-12(19)16(14(22)23-10)9(13(20)21)4-5-11(17)18/h2-3,6-7,9H,4-5H2,1H3,(H,17,18)(H,20,21)/p-2/b10-7+/t9-/m1/s1. The third kappa shape index (κ3) is 3.80. The maximum atomic E-state index is 12.4. The number of carboxylic acids is 2. The predicted octanol–water partition coefficient (Wildman–Crippen LogP) is -1.13. The van der Waals surface area contributed by atoms with Crippen LogP contribution in [0.4, 0.5) is 0 Å². The summed E-state index contributed by atoms with van der Waals surface area (Å²) in [6.07, 6.45) is 2.57. The van der Waals surface area contributed by atoms with Gasteiger partial charge in [0.1, 0.15) is 4.32 Å². The van der Waals surface area contributed by atoms with Crippen LogP contribution in [0, 0.1) is 0 Å². The van der Waals surface area contributed by atoms with Crippen molar-refractivity contribution in [2.45, 2.75) is 18.9 Å². The Balaban J connectivity index is 2.26. The molecule has 1 aromatic heterocycles. The van der Waals surface area contributed by atoms with E-state index in [4.69, 9.17) is 12.2 Å². The number of aliphatic carboxylic acids is 2. The van der Waals surface area contributed by atoms with Crippen molar-refractivity contribution in [3.63, 3.8) is 0 Å². The second-order valence-corrected chi connectivity index (χ2v) is 6.52. The normalized spacial score (nSPS) is 17.8. The first-order chi connectivity index (χ1) is 10.8. The molecule has 9 heteroatoms. The Labute approximate surface area is 141 Å². The van der Waals surface area contributed by atoms with E-state index >= 15 is 0 Å². The molecule has 2 rings (SSSR count). The molecular weight excluding hydrogens is 340 g/mol. The molecule has 0 radical (unpaired) electrons. The van der Waals surface area contributed by atoms with Crippen LogP contribution < -0.4 is 10.2 Å². The summed E-state index contributed by atoms with van der Waals surface area (Å²) in [5.74, 6) is -3.53. The van der Waals surface area contributed by atoms with Gasteiger partial charge in [0, 0.05) is 24.9 Å². The zero-order chi connectivity index (χ0) is 17.1. The van der Waals surface area contributed by atoms with E-state index in [1.165, 1.54) is 0 Å². The second-order valence-electron chi connectivity index (χ2n) is 4.84. The molecule has 1 atom stereocenters. The first kappa shape index (κ1) is 17.2. The fourth-order valence-electron chi connectivity index (χ4n) is 2.11. The van der Waals surface area contributed by atoms with E-state index in [9.17, 15) is 24.6 Å². The Hall–Kier alpha value is -2.13. The summed E-state index contributed by atoms with van der Waals surface area (Å²) in [5.41, 5.74) is 0.755. The topological polar surface area (TPSA) is 106 Å². The third-order valence-corrected chi connectivity index (χ3v) is 4.62. The van der Waals surface area contributed by atoms with Crippen LogP contribution in [0.3, 0.4) is 0 Å². The Bertz CT molecular complexity index is 710. The number of hydrogen-bond acceptors (Lipinski definition) is 7. The number of carboxylic acid groups (broad SMARTS) is 2. The first-order valence-corrected chi connectivity index (χ1v) is 7.83. The number of aryl methyl sites for hydroxylation is 1. The van der Waals surface area contributed by atoms with Gasteiger partial charge in [0.25, 0.3) is 5.91 Å². The van der Waals surface area contributed by atoms with E-state index in [0.717, 1.165) is 22.4 Å². The van der Waals surface area contributed by atoms with Gasteiger partial charge in [0.15, 0.2) is 0 Å². The Morgan fingerprint density at radius 3 is 2.65 bits per heavy atom. The van der Waals surface area contributed by atoms with E-state index in [-0.39, 0.29) is 15.6 Å². The van der Waals surface area contributed by atoms with Crippen molar-refractivity contribution in [1.29, 1.82) is 0 Å². The van der Waals surface area contributed by atoms with Crippen LogP contribution in [0.1, 0.15) is 18.5 Å². The monoisotopic (exact) mass is 352 g/mol. The molecule has 122 valence electrons. The van der Waals surface area contributed by atoms with Crippen molar-refractivity contribution in [2.24, 2.45) is 7.05 Å². The fraction of sp³-hybridized carbons (Fsp3) is 0.286. The van der Waals surface area contributed by atoms with Crippen LogP contribution in [0.25, 0.3) is 6.08 Å². The Kier molecular flexibility index (Phi) is 5.22. The number of carbonyl (C=O) groups is 3. The first-order valence-electron chi connectivity index (χ1n) is 6.60. The number of rotatable bonds is 6. The van der Waals surface area contributed by atoms with Gasteiger partial charge in [-0.3, -0.25) is 9.69 Å². The molecule has 0 unspecified atom stereocenters. The summed E-state index contributed by atoms with van der Waals surface area (Å²) in [4.78, 5) is 35.4. The number of aromatic nitrogens is 1. The molecule has 0 spiro atoms. The highest BCUT2D eigenvalue weighted by Crippen LogP contribution is 2.34. The lowest BCUT2D eigenvalue weighted by Gasteiger charge is -2.27. The Morgan fingerprint density at radius 2 is 2.13 bits per heavy atom. The van der Waals surface area contributed by atoms with Gasteiger partial charge in [0.05, 0.1) is 16.9 Å². The van der Waals surface area contributed by atoms with Gasteiger partial charge in [0.2, 0.25) is 0 Å². The van der Waals surface area contributed by atoms with Crippen molar-refractivity contribution in [3.8, 4) is 0 Å². The minimum Gasteiger partial charge on any atom is -0.550 e. The van der Waals surface area contributed by atoms with Crippen LogP contribution >= 0.6 is 24.0 Å². The lowest BCUT2D eigenvalue weighted by Crippen LogP contribution is -2.50. The van der Waals surface area contributed by atoms with Crippen LogP contribution in [0.15, 0.2) is 23.2 Å². The molecule has 1 fully saturated rings. The maximum absolute atomic E-state index is 12.4. The number of thioether (sulfide) groups is 1. The molecule has 0 bridgehead atoms. The summed E-state index contributed by atoms with van der Waals surface area (Å²) in [6.45, 7) is 0. The van der Waals surface area contributed by atoms with E-state index in [2.05, 4.69) is 0 Å². The van der Waals surface area contributed by atoms with Crippen molar-refractivity contribution >= 4 is 52.2 Å². The quantitative estimate of drug-likeness (QED) is 0.471. The summed E-state index contributed by atoms with van der Waals surface area (Å²) in [5, 5.41) is 21.8. The molecule has 0 N–H and O–H groups in total. The largest absolute Gasteiger partial charge is 0.550 e. The van der Waals surface area contributed by atoms with Gasteiger partial charge in [-0.05, 0) is 31.1 Å². The zero-order valence-electron chi connectivity index (χ0n) is 12.1. The van der Waals surface area contributed by atoms with E-state index in [1.54, 1.807) is 36.0 Å². The summed E-state index contributed by atoms with van der Waals surface area (Å²) < 4.78 is 1.85. The van der Waals surface area contributed by atoms with Crippen molar-refractivity contribution in [3.05, 3.63) is 28.9 Å². The second kappa shape index (κ2) is 6.97. The molecule has 1 aromatic rings. The average molecular weight is 352 g/mol. The fourth-order valence-corrected chi connectivity index (χ4v) is 3.46. The number of carbonyl (C=O) groups excluding carboxylic acids is 3. The minimum absolute atomic E-state index is 0.0583. The molecule has 1 aliphatic heterocycles. The zero-order valence-corrected chi connectivity index (χ0v) is 13.7. The molecule has 0 aromatic carbocycles. The van der Waals surface area contributed by atoms with Gasteiger partial charge in [-0.1, -0.05) is 24.0 Å². The molecule has 0 aliphatic carbocycles. The van der Waals surface area contributed by atoms with Crippen LogP contribution in [0.5, 0.6) is 0 Å². The highest BCUT2D eigenvalue weighted by atomic mass is 32.2. The van der Waals surface area contributed by atoms with Crippen LogP contribution in [-0.4, -0.2) is 37.7 Å². The molecule has 1 aliphatic rings. The summed E-state index contributed by atoms with van der Waals surface area (Å²) >= 11 is 6.03. The lowest BCUT2D eigenvalue weighted by atomic mass is 10.1.